The quantitative estimate of drug-likeness (QED) is 0.645. The fourth-order valence-electron chi connectivity index (χ4n) is 3.26. The second-order valence-corrected chi connectivity index (χ2v) is 8.25. The van der Waals surface area contributed by atoms with E-state index in [0.29, 0.717) is 24.4 Å². The molecule has 0 aliphatic carbocycles. The van der Waals surface area contributed by atoms with Gasteiger partial charge in [0.1, 0.15) is 11.5 Å². The van der Waals surface area contributed by atoms with Gasteiger partial charge in [0.15, 0.2) is 5.13 Å². The predicted octanol–water partition coefficient (Wildman–Crippen LogP) is 4.48. The van der Waals surface area contributed by atoms with Crippen LogP contribution in [-0.4, -0.2) is 22.3 Å². The molecule has 1 saturated heterocycles. The average Bonchev–Trinajstić information content (AvgIpc) is 3.23. The number of amides is 2. The number of nitrogens with one attached hydrogen (secondary N) is 2. The summed E-state index contributed by atoms with van der Waals surface area (Å²) in [5, 5.41) is 6.39. The summed E-state index contributed by atoms with van der Waals surface area (Å²) < 4.78 is 6.79. The molecule has 0 saturated carbocycles. The highest BCUT2D eigenvalue weighted by atomic mass is 32.1. The summed E-state index contributed by atoms with van der Waals surface area (Å²) in [4.78, 5) is 28.2. The van der Waals surface area contributed by atoms with Crippen molar-refractivity contribution in [3.63, 3.8) is 0 Å². The van der Waals surface area contributed by atoms with E-state index in [4.69, 9.17) is 4.74 Å². The maximum atomic E-state index is 12.3. The molecule has 7 heteroatoms. The van der Waals surface area contributed by atoms with Crippen LogP contribution in [-0.2, 0) is 9.59 Å². The molecule has 1 aliphatic heterocycles. The Balaban J connectivity index is 1.39. The molecule has 2 amide bonds. The van der Waals surface area contributed by atoms with Crippen LogP contribution in [0.15, 0.2) is 48.5 Å². The zero-order valence-electron chi connectivity index (χ0n) is 15.5. The minimum absolute atomic E-state index is 0.0580. The lowest BCUT2D eigenvalue weighted by atomic mass is 9.94. The van der Waals surface area contributed by atoms with Crippen LogP contribution in [0.5, 0.6) is 11.5 Å². The van der Waals surface area contributed by atoms with Gasteiger partial charge in [-0.25, -0.2) is 4.98 Å². The minimum atomic E-state index is -0.286. The Kier molecular flexibility index (Phi) is 5.00. The molecular formula is C21H21N3O3S. The van der Waals surface area contributed by atoms with Crippen molar-refractivity contribution < 1.29 is 14.3 Å². The van der Waals surface area contributed by atoms with Gasteiger partial charge in [0.05, 0.1) is 10.2 Å². The van der Waals surface area contributed by atoms with Gasteiger partial charge in [0.25, 0.3) is 0 Å². The number of carbonyl (C=O) groups excluding carboxylic acids is 2. The van der Waals surface area contributed by atoms with Crippen molar-refractivity contribution in [2.75, 3.05) is 5.32 Å². The summed E-state index contributed by atoms with van der Waals surface area (Å²) in [5.74, 6) is 1.46. The second-order valence-electron chi connectivity index (χ2n) is 7.22. The highest BCUT2D eigenvalue weighted by Crippen LogP contribution is 2.31. The number of carbonyl (C=O) groups is 2. The van der Waals surface area contributed by atoms with Crippen LogP contribution in [0.2, 0.25) is 0 Å². The topological polar surface area (TPSA) is 80.3 Å². The lowest BCUT2D eigenvalue weighted by Gasteiger charge is -2.23. The van der Waals surface area contributed by atoms with Gasteiger partial charge in [-0.1, -0.05) is 29.5 Å². The summed E-state index contributed by atoms with van der Waals surface area (Å²) in [6.45, 7) is 1.98. The number of anilines is 1. The Bertz CT molecular complexity index is 1020. The van der Waals surface area contributed by atoms with Gasteiger partial charge in [0, 0.05) is 24.4 Å². The molecule has 2 N–H and O–H groups in total. The molecular weight excluding hydrogens is 374 g/mol. The SMILES string of the molecule is CC1(CCC(=O)Nc2nc3ccc(Oc4ccccc4)cc3s2)CCC(=O)N1. The molecule has 3 aromatic rings. The van der Waals surface area contributed by atoms with E-state index in [1.54, 1.807) is 0 Å². The fraction of sp³-hybridized carbons (Fsp3) is 0.286. The number of aromatic nitrogens is 1. The molecule has 1 atom stereocenters. The summed E-state index contributed by atoms with van der Waals surface area (Å²) in [6.07, 6.45) is 2.26. The molecule has 1 aromatic heterocycles. The van der Waals surface area contributed by atoms with E-state index in [1.807, 2.05) is 55.5 Å². The van der Waals surface area contributed by atoms with E-state index < -0.39 is 0 Å². The van der Waals surface area contributed by atoms with Crippen LogP contribution >= 0.6 is 11.3 Å². The molecule has 0 spiro atoms. The first-order chi connectivity index (χ1) is 13.5. The largest absolute Gasteiger partial charge is 0.457 e. The van der Waals surface area contributed by atoms with Gasteiger partial charge in [-0.05, 0) is 44.0 Å². The third-order valence-corrected chi connectivity index (χ3v) is 5.77. The zero-order valence-corrected chi connectivity index (χ0v) is 16.3. The highest BCUT2D eigenvalue weighted by molar-refractivity contribution is 7.22. The van der Waals surface area contributed by atoms with E-state index in [-0.39, 0.29) is 17.4 Å². The van der Waals surface area contributed by atoms with Crippen molar-refractivity contribution in [2.45, 2.75) is 38.1 Å². The molecule has 4 rings (SSSR count). The molecule has 144 valence electrons. The van der Waals surface area contributed by atoms with E-state index >= 15 is 0 Å². The number of rotatable bonds is 6. The van der Waals surface area contributed by atoms with E-state index in [1.165, 1.54) is 11.3 Å². The van der Waals surface area contributed by atoms with Gasteiger partial charge in [-0.15, -0.1) is 0 Å². The molecule has 1 unspecified atom stereocenters. The zero-order chi connectivity index (χ0) is 19.6. The molecule has 28 heavy (non-hydrogen) atoms. The number of fused-ring (bicyclic) bond motifs is 1. The molecule has 6 nitrogen and oxygen atoms in total. The summed E-state index contributed by atoms with van der Waals surface area (Å²) in [6, 6.07) is 15.3. The number of hydrogen-bond acceptors (Lipinski definition) is 5. The summed E-state index contributed by atoms with van der Waals surface area (Å²) >= 11 is 1.42. The van der Waals surface area contributed by atoms with Gasteiger partial charge in [-0.3, -0.25) is 9.59 Å². The average molecular weight is 395 g/mol. The lowest BCUT2D eigenvalue weighted by Crippen LogP contribution is -2.39. The first-order valence-electron chi connectivity index (χ1n) is 9.23. The summed E-state index contributed by atoms with van der Waals surface area (Å²) in [7, 11) is 0. The first-order valence-corrected chi connectivity index (χ1v) is 10.1. The van der Waals surface area contributed by atoms with Crippen LogP contribution in [0.25, 0.3) is 10.2 Å². The maximum Gasteiger partial charge on any atom is 0.226 e. The van der Waals surface area contributed by atoms with E-state index in [0.717, 1.165) is 28.1 Å². The fourth-order valence-corrected chi connectivity index (χ4v) is 4.17. The molecule has 1 fully saturated rings. The van der Waals surface area contributed by atoms with Crippen molar-refractivity contribution in [1.82, 2.24) is 10.3 Å². The van der Waals surface area contributed by atoms with Crippen LogP contribution in [0.3, 0.4) is 0 Å². The van der Waals surface area contributed by atoms with Crippen molar-refractivity contribution in [1.29, 1.82) is 0 Å². The van der Waals surface area contributed by atoms with E-state index in [9.17, 15) is 9.59 Å². The third kappa shape index (κ3) is 4.31. The molecule has 0 radical (unpaired) electrons. The van der Waals surface area contributed by atoms with E-state index in [2.05, 4.69) is 15.6 Å². The van der Waals surface area contributed by atoms with Crippen molar-refractivity contribution >= 4 is 38.5 Å². The monoisotopic (exact) mass is 395 g/mol. The molecule has 0 bridgehead atoms. The number of nitrogens with zero attached hydrogens (tertiary/aromatic N) is 1. The Hall–Kier alpha value is -2.93. The van der Waals surface area contributed by atoms with Crippen LogP contribution in [0.4, 0.5) is 5.13 Å². The maximum absolute atomic E-state index is 12.3. The third-order valence-electron chi connectivity index (χ3n) is 4.83. The van der Waals surface area contributed by atoms with Crippen molar-refractivity contribution in [3.8, 4) is 11.5 Å². The number of para-hydroxylation sites is 1. The molecule has 2 heterocycles. The van der Waals surface area contributed by atoms with Crippen molar-refractivity contribution in [2.24, 2.45) is 0 Å². The number of benzene rings is 2. The van der Waals surface area contributed by atoms with Gasteiger partial charge in [0.2, 0.25) is 11.8 Å². The van der Waals surface area contributed by atoms with Crippen molar-refractivity contribution in [3.05, 3.63) is 48.5 Å². The van der Waals surface area contributed by atoms with Crippen LogP contribution < -0.4 is 15.4 Å². The smallest absolute Gasteiger partial charge is 0.226 e. The summed E-state index contributed by atoms with van der Waals surface area (Å²) in [5.41, 5.74) is 0.529. The normalized spacial score (nSPS) is 18.8. The predicted molar refractivity (Wildman–Crippen MR) is 110 cm³/mol. The standard InChI is InChI=1S/C21H21N3O3S/c1-21(12-10-19(26)24-21)11-9-18(25)23-20-22-16-8-7-15(13-17(16)28-20)27-14-5-3-2-4-6-14/h2-8,13H,9-12H2,1H3,(H,24,26)(H,22,23,25). The first kappa shape index (κ1) is 18.4. The Morgan fingerprint density at radius 2 is 2.07 bits per heavy atom. The van der Waals surface area contributed by atoms with Gasteiger partial charge < -0.3 is 15.4 Å². The Morgan fingerprint density at radius 3 is 2.82 bits per heavy atom. The molecule has 2 aromatic carbocycles. The highest BCUT2D eigenvalue weighted by Gasteiger charge is 2.33. The number of ether oxygens (including phenoxy) is 1. The van der Waals surface area contributed by atoms with Gasteiger partial charge in [-0.2, -0.15) is 0 Å². The lowest BCUT2D eigenvalue weighted by molar-refractivity contribution is -0.120. The number of thiazole rings is 1. The van der Waals surface area contributed by atoms with Crippen LogP contribution in [0, 0.1) is 0 Å². The Labute approximate surface area is 166 Å². The number of hydrogen-bond donors (Lipinski definition) is 2. The minimum Gasteiger partial charge on any atom is -0.457 e. The van der Waals surface area contributed by atoms with Gasteiger partial charge >= 0.3 is 0 Å². The molecule has 1 aliphatic rings. The Morgan fingerprint density at radius 1 is 1.25 bits per heavy atom. The second kappa shape index (κ2) is 7.59. The van der Waals surface area contributed by atoms with Crippen LogP contribution in [0.1, 0.15) is 32.6 Å².